The minimum atomic E-state index is 0.864. The average Bonchev–Trinajstić information content (AvgIpc) is 3.37. The molecule has 0 unspecified atom stereocenters. The predicted molar refractivity (Wildman–Crippen MR) is 95.3 cm³/mol. The Morgan fingerprint density at radius 1 is 0.909 bits per heavy atom. The molecule has 1 aliphatic rings. The van der Waals surface area contributed by atoms with Gasteiger partial charge in [-0.15, -0.1) is 0 Å². The molecule has 0 spiro atoms. The summed E-state index contributed by atoms with van der Waals surface area (Å²) in [7, 11) is 0. The lowest BCUT2D eigenvalue weighted by atomic mass is 10.1. The van der Waals surface area contributed by atoms with Gasteiger partial charge < -0.3 is 4.74 Å². The predicted octanol–water partition coefficient (Wildman–Crippen LogP) is 6.36. The van der Waals surface area contributed by atoms with Gasteiger partial charge in [0.05, 0.1) is 6.61 Å². The van der Waals surface area contributed by atoms with Gasteiger partial charge in [0.25, 0.3) is 0 Å². The van der Waals surface area contributed by atoms with E-state index in [1.165, 1.54) is 69.8 Å². The zero-order valence-corrected chi connectivity index (χ0v) is 14.4. The highest BCUT2D eigenvalue weighted by Crippen LogP contribution is 2.32. The van der Waals surface area contributed by atoms with Crippen LogP contribution in [0.4, 0.5) is 0 Å². The van der Waals surface area contributed by atoms with Crippen molar-refractivity contribution in [3.63, 3.8) is 0 Å². The van der Waals surface area contributed by atoms with E-state index in [0.717, 1.165) is 24.7 Å². The maximum atomic E-state index is 5.83. The number of benzene rings is 1. The van der Waals surface area contributed by atoms with Crippen molar-refractivity contribution < 1.29 is 4.74 Å². The number of rotatable bonds is 13. The summed E-state index contributed by atoms with van der Waals surface area (Å²) in [6, 6.07) is 8.67. The topological polar surface area (TPSA) is 9.23 Å². The lowest BCUT2D eigenvalue weighted by molar-refractivity contribution is 0.304. The van der Waals surface area contributed by atoms with Gasteiger partial charge in [0.1, 0.15) is 5.75 Å². The first-order chi connectivity index (χ1) is 10.9. The number of hydrogen-bond donors (Lipinski definition) is 0. The third kappa shape index (κ3) is 7.87. The highest BCUT2D eigenvalue weighted by molar-refractivity contribution is 5.28. The molecule has 1 saturated carbocycles. The van der Waals surface area contributed by atoms with Crippen LogP contribution in [0.3, 0.4) is 0 Å². The Labute approximate surface area is 137 Å². The molecule has 22 heavy (non-hydrogen) atoms. The molecule has 1 fully saturated rings. The normalized spacial score (nSPS) is 14.2. The van der Waals surface area contributed by atoms with Crippen LogP contribution >= 0.6 is 0 Å². The molecule has 0 N–H and O–H groups in total. The van der Waals surface area contributed by atoms with Gasteiger partial charge in [-0.25, -0.2) is 0 Å². The molecule has 0 bridgehead atoms. The Morgan fingerprint density at radius 2 is 1.55 bits per heavy atom. The lowest BCUT2D eigenvalue weighted by Crippen LogP contribution is -1.97. The first-order valence-corrected chi connectivity index (χ1v) is 9.43. The van der Waals surface area contributed by atoms with Gasteiger partial charge >= 0.3 is 0 Å². The van der Waals surface area contributed by atoms with Crippen LogP contribution in [0.25, 0.3) is 0 Å². The quantitative estimate of drug-likeness (QED) is 0.385. The summed E-state index contributed by atoms with van der Waals surface area (Å²) in [6.07, 6.45) is 17.2. The number of ether oxygens (including phenoxy) is 1. The molecule has 123 valence electrons. The molecule has 1 aliphatic carbocycles. The van der Waals surface area contributed by atoms with Gasteiger partial charge in [0.2, 0.25) is 0 Å². The zero-order chi connectivity index (χ0) is 15.5. The minimum Gasteiger partial charge on any atom is -0.494 e. The van der Waals surface area contributed by atoms with Crippen molar-refractivity contribution in [3.8, 4) is 5.75 Å². The van der Waals surface area contributed by atoms with E-state index in [1.807, 2.05) is 0 Å². The van der Waals surface area contributed by atoms with Crippen LogP contribution in [0.5, 0.6) is 5.75 Å². The van der Waals surface area contributed by atoms with Gasteiger partial charge in [-0.2, -0.15) is 0 Å². The van der Waals surface area contributed by atoms with Gasteiger partial charge in [0.15, 0.2) is 0 Å². The summed E-state index contributed by atoms with van der Waals surface area (Å²) in [5, 5.41) is 0. The van der Waals surface area contributed by atoms with E-state index >= 15 is 0 Å². The second kappa shape index (κ2) is 10.7. The Morgan fingerprint density at radius 3 is 2.18 bits per heavy atom. The molecule has 0 aliphatic heterocycles. The summed E-state index contributed by atoms with van der Waals surface area (Å²) in [5.74, 6) is 1.93. The average molecular weight is 301 g/mol. The highest BCUT2D eigenvalue weighted by Gasteiger charge is 2.20. The molecule has 1 aromatic carbocycles. The van der Waals surface area contributed by atoms with Crippen molar-refractivity contribution in [2.75, 3.05) is 6.61 Å². The summed E-state index contributed by atoms with van der Waals surface area (Å²) in [6.45, 7) is 3.14. The van der Waals surface area contributed by atoms with Crippen LogP contribution in [0.2, 0.25) is 0 Å². The third-order valence-electron chi connectivity index (χ3n) is 4.50. The highest BCUT2D eigenvalue weighted by atomic mass is 16.5. The van der Waals surface area contributed by atoms with Crippen LogP contribution < -0.4 is 4.74 Å². The molecular weight excluding hydrogens is 268 g/mol. The van der Waals surface area contributed by atoms with Crippen LogP contribution in [0, 0.1) is 12.3 Å². The number of hydrogen-bond acceptors (Lipinski definition) is 1. The SMILES string of the molecule is CCCCCCCCCCOc1ccc(C[CH]C2CC2)cc1. The van der Waals surface area contributed by atoms with Crippen LogP contribution in [-0.4, -0.2) is 6.61 Å². The second-order valence-electron chi connectivity index (χ2n) is 6.74. The first kappa shape index (κ1) is 17.4. The molecule has 1 nitrogen and oxygen atoms in total. The molecule has 0 amide bonds. The van der Waals surface area contributed by atoms with E-state index in [4.69, 9.17) is 4.74 Å². The van der Waals surface area contributed by atoms with Crippen molar-refractivity contribution in [2.45, 2.75) is 77.6 Å². The summed E-state index contributed by atoms with van der Waals surface area (Å²) in [4.78, 5) is 0. The summed E-state index contributed by atoms with van der Waals surface area (Å²) >= 11 is 0. The van der Waals surface area contributed by atoms with Crippen molar-refractivity contribution >= 4 is 0 Å². The fourth-order valence-electron chi connectivity index (χ4n) is 2.78. The Hall–Kier alpha value is -0.980. The van der Waals surface area contributed by atoms with E-state index in [0.29, 0.717) is 0 Å². The van der Waals surface area contributed by atoms with E-state index in [-0.39, 0.29) is 0 Å². The van der Waals surface area contributed by atoms with Crippen LogP contribution in [-0.2, 0) is 6.42 Å². The molecule has 1 aromatic rings. The van der Waals surface area contributed by atoms with Crippen molar-refractivity contribution in [2.24, 2.45) is 5.92 Å². The smallest absolute Gasteiger partial charge is 0.119 e. The third-order valence-corrected chi connectivity index (χ3v) is 4.50. The Kier molecular flexibility index (Phi) is 8.45. The first-order valence-electron chi connectivity index (χ1n) is 9.43. The van der Waals surface area contributed by atoms with Gasteiger partial charge in [-0.05, 0) is 55.7 Å². The van der Waals surface area contributed by atoms with E-state index < -0.39 is 0 Å². The fourth-order valence-corrected chi connectivity index (χ4v) is 2.78. The van der Waals surface area contributed by atoms with Crippen molar-refractivity contribution in [1.29, 1.82) is 0 Å². The molecular formula is C21H33O. The van der Waals surface area contributed by atoms with E-state index in [1.54, 1.807) is 0 Å². The molecule has 1 radical (unpaired) electrons. The largest absolute Gasteiger partial charge is 0.494 e. The zero-order valence-electron chi connectivity index (χ0n) is 14.4. The van der Waals surface area contributed by atoms with Gasteiger partial charge in [-0.1, -0.05) is 64.0 Å². The van der Waals surface area contributed by atoms with Crippen LogP contribution in [0.1, 0.15) is 76.7 Å². The van der Waals surface area contributed by atoms with Gasteiger partial charge in [-0.3, -0.25) is 0 Å². The van der Waals surface area contributed by atoms with Gasteiger partial charge in [0, 0.05) is 0 Å². The molecule has 0 saturated heterocycles. The molecule has 0 heterocycles. The molecule has 0 atom stereocenters. The number of unbranched alkanes of at least 4 members (excludes halogenated alkanes) is 7. The van der Waals surface area contributed by atoms with Crippen molar-refractivity contribution in [1.82, 2.24) is 0 Å². The second-order valence-corrected chi connectivity index (χ2v) is 6.74. The van der Waals surface area contributed by atoms with Crippen molar-refractivity contribution in [3.05, 3.63) is 36.2 Å². The van der Waals surface area contributed by atoms with Crippen LogP contribution in [0.15, 0.2) is 24.3 Å². The Balaban J connectivity index is 1.46. The van der Waals surface area contributed by atoms with E-state index in [2.05, 4.69) is 37.6 Å². The fraction of sp³-hybridized carbons (Fsp3) is 0.667. The molecule has 2 rings (SSSR count). The summed E-state index contributed by atoms with van der Waals surface area (Å²) in [5.41, 5.74) is 1.41. The Bertz CT molecular complexity index is 377. The molecule has 0 aromatic heterocycles. The standard InChI is InChI=1S/C21H33O/c1-2-3-4-5-6-7-8-9-18-22-21-16-14-20(15-17-21)13-12-19-10-11-19/h12,14-17,19H,2-11,13,18H2,1H3. The lowest BCUT2D eigenvalue weighted by Gasteiger charge is -2.07. The van der Waals surface area contributed by atoms with E-state index in [9.17, 15) is 0 Å². The minimum absolute atomic E-state index is 0.864. The maximum absolute atomic E-state index is 5.83. The monoisotopic (exact) mass is 301 g/mol. The maximum Gasteiger partial charge on any atom is 0.119 e. The summed E-state index contributed by atoms with van der Waals surface area (Å²) < 4.78 is 5.83. The molecule has 1 heteroatoms.